The van der Waals surface area contributed by atoms with Gasteiger partial charge in [0.1, 0.15) is 0 Å². The van der Waals surface area contributed by atoms with Gasteiger partial charge >= 0.3 is 0 Å². The molecule has 0 aromatic carbocycles. The number of hydrogen-bond acceptors (Lipinski definition) is 4. The quantitative estimate of drug-likeness (QED) is 0.767. The van der Waals surface area contributed by atoms with Crippen LogP contribution in [0.1, 0.15) is 13.8 Å². The molecule has 0 radical (unpaired) electrons. The van der Waals surface area contributed by atoms with Crippen molar-refractivity contribution < 1.29 is 0 Å². The molecule has 2 aliphatic rings. The monoisotopic (exact) mass is 266 g/mol. The van der Waals surface area contributed by atoms with E-state index < -0.39 is 0 Å². The Bertz CT molecular complexity index is 183. The van der Waals surface area contributed by atoms with Crippen molar-refractivity contribution in [1.29, 1.82) is 0 Å². The number of rotatable bonds is 3. The van der Waals surface area contributed by atoms with Gasteiger partial charge in [-0.2, -0.15) is 47.0 Å². The molecular weight excluding hydrogens is 248 g/mol. The average Bonchev–Trinajstić information content (AvgIpc) is 2.08. The molecule has 2 heterocycles. The molecule has 0 aromatic heterocycles. The third-order valence-corrected chi connectivity index (χ3v) is 9.65. The Morgan fingerprint density at radius 1 is 1.36 bits per heavy atom. The first-order chi connectivity index (χ1) is 6.68. The highest BCUT2D eigenvalue weighted by Gasteiger charge is 2.32. The second kappa shape index (κ2) is 5.15. The van der Waals surface area contributed by atoms with E-state index in [4.69, 9.17) is 0 Å². The molecule has 0 spiro atoms. The summed E-state index contributed by atoms with van der Waals surface area (Å²) >= 11 is 8.68. The first-order valence-electron chi connectivity index (χ1n) is 5.13. The molecule has 0 saturated carbocycles. The molecule has 0 bridgehead atoms. The van der Waals surface area contributed by atoms with Crippen molar-refractivity contribution in [2.24, 2.45) is 0 Å². The lowest BCUT2D eigenvalue weighted by molar-refractivity contribution is 0.811. The predicted octanol–water partition coefficient (Wildman–Crippen LogP) is 3.46. The molecule has 2 fully saturated rings. The molecule has 2 rings (SSSR count). The van der Waals surface area contributed by atoms with Crippen LogP contribution in [0.25, 0.3) is 0 Å². The summed E-state index contributed by atoms with van der Waals surface area (Å²) in [5.74, 6) is 6.86. The van der Waals surface area contributed by atoms with Crippen LogP contribution in [-0.4, -0.2) is 44.0 Å². The number of thioether (sulfide) groups is 4. The van der Waals surface area contributed by atoms with Gasteiger partial charge in [0.2, 0.25) is 0 Å². The third kappa shape index (κ3) is 3.19. The second-order valence-electron chi connectivity index (χ2n) is 4.35. The molecule has 0 aliphatic carbocycles. The molecule has 2 aliphatic heterocycles. The van der Waals surface area contributed by atoms with Crippen molar-refractivity contribution in [1.82, 2.24) is 0 Å². The summed E-state index contributed by atoms with van der Waals surface area (Å²) in [5.41, 5.74) is 0. The van der Waals surface area contributed by atoms with E-state index in [1.54, 1.807) is 0 Å². The van der Waals surface area contributed by atoms with Gasteiger partial charge in [-0.1, -0.05) is 6.92 Å². The Morgan fingerprint density at radius 3 is 2.64 bits per heavy atom. The topological polar surface area (TPSA) is 0 Å². The fourth-order valence-corrected chi connectivity index (χ4v) is 7.05. The fraction of sp³-hybridized carbons (Fsp3) is 1.00. The maximum absolute atomic E-state index is 2.45. The summed E-state index contributed by atoms with van der Waals surface area (Å²) in [6.07, 6.45) is 0. The molecule has 0 amide bonds. The minimum absolute atomic E-state index is 0.558. The molecule has 2 saturated heterocycles. The molecule has 2 atom stereocenters. The van der Waals surface area contributed by atoms with Gasteiger partial charge in [0.15, 0.2) is 0 Å². The Kier molecular flexibility index (Phi) is 4.37. The molecule has 4 heteroatoms. The second-order valence-corrected chi connectivity index (χ2v) is 9.75. The van der Waals surface area contributed by atoms with Crippen molar-refractivity contribution >= 4 is 47.0 Å². The highest BCUT2D eigenvalue weighted by molar-refractivity contribution is 8.10. The van der Waals surface area contributed by atoms with E-state index in [0.717, 1.165) is 10.5 Å². The smallest absolute Gasteiger partial charge is 0.0313 e. The van der Waals surface area contributed by atoms with Gasteiger partial charge in [-0.15, -0.1) is 0 Å². The minimum Gasteiger partial charge on any atom is -0.160 e. The number of hydrogen-bond donors (Lipinski definition) is 0. The molecular formula is C10H18S4. The largest absolute Gasteiger partial charge is 0.160 e. The van der Waals surface area contributed by atoms with E-state index in [1.807, 2.05) is 0 Å². The standard InChI is InChI=1S/C10H18S4/c1-8-3-14-10(2,6-12-8)7-13-9-4-11-5-9/h8-9H,3-7H2,1-2H3. The fourth-order valence-electron chi connectivity index (χ4n) is 1.41. The lowest BCUT2D eigenvalue weighted by atomic mass is 10.2. The predicted molar refractivity (Wildman–Crippen MR) is 76.4 cm³/mol. The van der Waals surface area contributed by atoms with E-state index >= 15 is 0 Å². The van der Waals surface area contributed by atoms with Crippen molar-refractivity contribution in [3.05, 3.63) is 0 Å². The van der Waals surface area contributed by atoms with Gasteiger partial charge in [0.05, 0.1) is 0 Å². The Labute approximate surface area is 105 Å². The first kappa shape index (κ1) is 11.9. The van der Waals surface area contributed by atoms with Crippen LogP contribution in [0.3, 0.4) is 0 Å². The van der Waals surface area contributed by atoms with Crippen LogP contribution in [0, 0.1) is 0 Å². The molecule has 0 N–H and O–H groups in total. The van der Waals surface area contributed by atoms with Crippen LogP contribution in [-0.2, 0) is 0 Å². The molecule has 2 unspecified atom stereocenters. The zero-order valence-electron chi connectivity index (χ0n) is 8.82. The van der Waals surface area contributed by atoms with Crippen LogP contribution < -0.4 is 0 Å². The maximum atomic E-state index is 2.45. The molecule has 14 heavy (non-hydrogen) atoms. The lowest BCUT2D eigenvalue weighted by Gasteiger charge is -2.37. The minimum atomic E-state index is 0.558. The summed E-state index contributed by atoms with van der Waals surface area (Å²) in [6, 6.07) is 0. The van der Waals surface area contributed by atoms with Crippen LogP contribution in [0.15, 0.2) is 0 Å². The highest BCUT2D eigenvalue weighted by Crippen LogP contribution is 2.42. The summed E-state index contributed by atoms with van der Waals surface area (Å²) in [7, 11) is 0. The third-order valence-electron chi connectivity index (χ3n) is 2.57. The van der Waals surface area contributed by atoms with Gasteiger partial charge in [-0.3, -0.25) is 0 Å². The SMILES string of the molecule is CC1CSC(C)(CSC2CSC2)CS1. The summed E-state index contributed by atoms with van der Waals surface area (Å²) in [6.45, 7) is 4.81. The highest BCUT2D eigenvalue weighted by atomic mass is 32.2. The van der Waals surface area contributed by atoms with Crippen molar-refractivity contribution in [2.45, 2.75) is 29.1 Å². The average molecular weight is 267 g/mol. The van der Waals surface area contributed by atoms with Crippen LogP contribution in [0.4, 0.5) is 0 Å². The molecule has 0 nitrogen and oxygen atoms in total. The zero-order chi connectivity index (χ0) is 10.0. The van der Waals surface area contributed by atoms with Crippen LogP contribution in [0.2, 0.25) is 0 Å². The first-order valence-corrected chi connectivity index (χ1v) is 9.37. The van der Waals surface area contributed by atoms with E-state index in [2.05, 4.69) is 60.9 Å². The Hall–Kier alpha value is 1.40. The normalized spacial score (nSPS) is 39.4. The van der Waals surface area contributed by atoms with Gasteiger partial charge in [-0.05, 0) is 6.92 Å². The van der Waals surface area contributed by atoms with Crippen LogP contribution >= 0.6 is 47.0 Å². The Morgan fingerprint density at radius 2 is 2.14 bits per heavy atom. The molecule has 0 aromatic rings. The van der Waals surface area contributed by atoms with Crippen molar-refractivity contribution in [3.63, 3.8) is 0 Å². The van der Waals surface area contributed by atoms with Gasteiger partial charge in [0.25, 0.3) is 0 Å². The van der Waals surface area contributed by atoms with Gasteiger partial charge < -0.3 is 0 Å². The summed E-state index contributed by atoms with van der Waals surface area (Å²) < 4.78 is 0.558. The lowest BCUT2D eigenvalue weighted by Crippen LogP contribution is -2.35. The summed E-state index contributed by atoms with van der Waals surface area (Å²) in [5, 5.41) is 1.85. The van der Waals surface area contributed by atoms with Crippen LogP contribution in [0.5, 0.6) is 0 Å². The summed E-state index contributed by atoms with van der Waals surface area (Å²) in [4.78, 5) is 0. The van der Waals surface area contributed by atoms with Gasteiger partial charge in [-0.25, -0.2) is 0 Å². The maximum Gasteiger partial charge on any atom is 0.0313 e. The van der Waals surface area contributed by atoms with Crippen molar-refractivity contribution in [3.8, 4) is 0 Å². The van der Waals surface area contributed by atoms with E-state index in [1.165, 1.54) is 28.8 Å². The zero-order valence-corrected chi connectivity index (χ0v) is 12.1. The van der Waals surface area contributed by atoms with E-state index in [0.29, 0.717) is 4.75 Å². The van der Waals surface area contributed by atoms with Crippen molar-refractivity contribution in [2.75, 3.05) is 28.8 Å². The van der Waals surface area contributed by atoms with E-state index in [-0.39, 0.29) is 0 Å². The van der Waals surface area contributed by atoms with E-state index in [9.17, 15) is 0 Å². The molecule has 82 valence electrons. The van der Waals surface area contributed by atoms with Gasteiger partial charge in [0, 0.05) is 44.0 Å². The Balaban J connectivity index is 1.71.